The van der Waals surface area contributed by atoms with Gasteiger partial charge < -0.3 is 0 Å². The van der Waals surface area contributed by atoms with Crippen molar-refractivity contribution in [3.8, 4) is 0 Å². The van der Waals surface area contributed by atoms with Gasteiger partial charge in [-0.25, -0.2) is 0 Å². The third-order valence-electron chi connectivity index (χ3n) is 4.33. The van der Waals surface area contributed by atoms with Crippen LogP contribution < -0.4 is 0 Å². The second-order valence-electron chi connectivity index (χ2n) is 5.43. The summed E-state index contributed by atoms with van der Waals surface area (Å²) in [6, 6.07) is 3.53. The van der Waals surface area contributed by atoms with E-state index in [9.17, 15) is 9.59 Å². The van der Waals surface area contributed by atoms with Gasteiger partial charge in [-0.05, 0) is 44.5 Å². The van der Waals surface area contributed by atoms with Crippen LogP contribution in [-0.4, -0.2) is 40.6 Å². The highest BCUT2D eigenvalue weighted by Crippen LogP contribution is 2.31. The average molecular weight is 258 g/mol. The molecule has 0 saturated carbocycles. The third kappa shape index (κ3) is 2.45. The summed E-state index contributed by atoms with van der Waals surface area (Å²) in [5.74, 6) is 0.698. The van der Waals surface area contributed by atoms with E-state index in [0.29, 0.717) is 24.2 Å². The molecule has 3 fully saturated rings. The first kappa shape index (κ1) is 12.5. The fourth-order valence-corrected chi connectivity index (χ4v) is 3.21. The first-order valence-corrected chi connectivity index (χ1v) is 6.96. The zero-order valence-corrected chi connectivity index (χ0v) is 10.9. The topological polar surface area (TPSA) is 50.3 Å². The van der Waals surface area contributed by atoms with Crippen LogP contribution in [0.25, 0.3) is 0 Å². The van der Waals surface area contributed by atoms with E-state index in [1.165, 1.54) is 0 Å². The predicted octanol–water partition coefficient (Wildman–Crippen LogP) is 1.71. The largest absolute Gasteiger partial charge is 0.298 e. The Labute approximate surface area is 112 Å². The number of aromatic nitrogens is 1. The molecule has 0 N–H and O–H groups in total. The van der Waals surface area contributed by atoms with Gasteiger partial charge in [-0.2, -0.15) is 0 Å². The molecule has 0 aliphatic carbocycles. The number of carbonyl (C=O) groups excluding carboxylic acids is 2. The molecule has 3 saturated heterocycles. The van der Waals surface area contributed by atoms with Crippen molar-refractivity contribution < 1.29 is 9.59 Å². The number of ketones is 2. The monoisotopic (exact) mass is 258 g/mol. The molecule has 1 aromatic rings. The van der Waals surface area contributed by atoms with Gasteiger partial charge in [0.1, 0.15) is 0 Å². The molecule has 4 heterocycles. The van der Waals surface area contributed by atoms with Gasteiger partial charge in [0.25, 0.3) is 0 Å². The molecule has 0 amide bonds. The number of carbonyl (C=O) groups is 2. The molecule has 1 aromatic heterocycles. The summed E-state index contributed by atoms with van der Waals surface area (Å²) < 4.78 is 0. The fraction of sp³-hybridized carbons (Fsp3) is 0.533. The molecule has 0 radical (unpaired) electrons. The minimum absolute atomic E-state index is 0.0203. The number of hydrogen-bond acceptors (Lipinski definition) is 4. The number of pyridine rings is 1. The number of Topliss-reactive ketones (excluding diaryl/α,β-unsaturated/α-hetero) is 2. The lowest BCUT2D eigenvalue weighted by molar-refractivity contribution is -0.137. The van der Waals surface area contributed by atoms with E-state index in [1.807, 2.05) is 0 Å². The van der Waals surface area contributed by atoms with E-state index in [-0.39, 0.29) is 17.7 Å². The highest BCUT2D eigenvalue weighted by molar-refractivity contribution is 5.96. The highest BCUT2D eigenvalue weighted by atomic mass is 16.1. The van der Waals surface area contributed by atoms with Crippen molar-refractivity contribution in [1.29, 1.82) is 0 Å². The standard InChI is InChI=1S/C15H18N2O2/c18-14(12-2-1-7-16-10-12)4-3-13-15(19)11-5-8-17(13)9-6-11/h1-2,7,10-11,13H,3-6,8-9H2. The maximum Gasteiger partial charge on any atom is 0.164 e. The minimum Gasteiger partial charge on any atom is -0.298 e. The van der Waals surface area contributed by atoms with Crippen LogP contribution in [0.5, 0.6) is 0 Å². The van der Waals surface area contributed by atoms with Gasteiger partial charge in [0.2, 0.25) is 0 Å². The summed E-state index contributed by atoms with van der Waals surface area (Å²) in [6.07, 6.45) is 6.36. The first-order valence-electron chi connectivity index (χ1n) is 6.96. The van der Waals surface area contributed by atoms with Crippen molar-refractivity contribution in [2.45, 2.75) is 31.7 Å². The van der Waals surface area contributed by atoms with E-state index in [0.717, 1.165) is 25.9 Å². The maximum atomic E-state index is 12.2. The molecular formula is C15H18N2O2. The molecule has 0 spiro atoms. The molecule has 100 valence electrons. The van der Waals surface area contributed by atoms with Gasteiger partial charge in [-0.3, -0.25) is 19.5 Å². The molecule has 2 bridgehead atoms. The van der Waals surface area contributed by atoms with Gasteiger partial charge in [0, 0.05) is 30.3 Å². The van der Waals surface area contributed by atoms with Gasteiger partial charge >= 0.3 is 0 Å². The molecule has 4 heteroatoms. The third-order valence-corrected chi connectivity index (χ3v) is 4.33. The normalized spacial score (nSPS) is 29.5. The van der Waals surface area contributed by atoms with Crippen LogP contribution in [0.3, 0.4) is 0 Å². The lowest BCUT2D eigenvalue weighted by Gasteiger charge is -2.44. The molecule has 3 aliphatic rings. The second kappa shape index (κ2) is 5.21. The van der Waals surface area contributed by atoms with Crippen molar-refractivity contribution in [1.82, 2.24) is 9.88 Å². The van der Waals surface area contributed by atoms with Gasteiger partial charge in [-0.1, -0.05) is 0 Å². The van der Waals surface area contributed by atoms with Crippen LogP contribution in [0.2, 0.25) is 0 Å². The molecule has 4 nitrogen and oxygen atoms in total. The molecular weight excluding hydrogens is 240 g/mol. The van der Waals surface area contributed by atoms with Crippen molar-refractivity contribution in [2.24, 2.45) is 5.92 Å². The Kier molecular flexibility index (Phi) is 3.42. The zero-order chi connectivity index (χ0) is 13.2. The van der Waals surface area contributed by atoms with Crippen LogP contribution in [0.15, 0.2) is 24.5 Å². The zero-order valence-electron chi connectivity index (χ0n) is 10.9. The van der Waals surface area contributed by atoms with E-state index in [4.69, 9.17) is 0 Å². The highest BCUT2D eigenvalue weighted by Gasteiger charge is 2.40. The second-order valence-corrected chi connectivity index (χ2v) is 5.43. The molecule has 1 atom stereocenters. The Balaban J connectivity index is 1.61. The number of rotatable bonds is 4. The number of hydrogen-bond donors (Lipinski definition) is 0. The fourth-order valence-electron chi connectivity index (χ4n) is 3.21. The molecule has 19 heavy (non-hydrogen) atoms. The Morgan fingerprint density at radius 3 is 2.79 bits per heavy atom. The van der Waals surface area contributed by atoms with Gasteiger partial charge in [0.05, 0.1) is 6.04 Å². The van der Waals surface area contributed by atoms with Crippen molar-refractivity contribution >= 4 is 11.6 Å². The minimum atomic E-state index is -0.0203. The van der Waals surface area contributed by atoms with Gasteiger partial charge in [0.15, 0.2) is 11.6 Å². The van der Waals surface area contributed by atoms with Crippen molar-refractivity contribution in [3.63, 3.8) is 0 Å². The molecule has 0 aromatic carbocycles. The van der Waals surface area contributed by atoms with E-state index in [1.54, 1.807) is 24.5 Å². The summed E-state index contributed by atoms with van der Waals surface area (Å²) in [5, 5.41) is 0. The Bertz CT molecular complexity index is 478. The van der Waals surface area contributed by atoms with E-state index < -0.39 is 0 Å². The number of fused-ring (bicyclic) bond motifs is 3. The molecule has 4 rings (SSSR count). The quantitative estimate of drug-likeness (QED) is 0.771. The Morgan fingerprint density at radius 1 is 1.37 bits per heavy atom. The Hall–Kier alpha value is -1.55. The summed E-state index contributed by atoms with van der Waals surface area (Å²) >= 11 is 0. The maximum absolute atomic E-state index is 12.2. The summed E-state index contributed by atoms with van der Waals surface area (Å²) in [6.45, 7) is 2.03. The first-order chi connectivity index (χ1) is 9.25. The van der Waals surface area contributed by atoms with Crippen LogP contribution in [0, 0.1) is 5.92 Å². The summed E-state index contributed by atoms with van der Waals surface area (Å²) in [5.41, 5.74) is 0.644. The lowest BCUT2D eigenvalue weighted by atomic mass is 9.80. The van der Waals surface area contributed by atoms with Crippen LogP contribution in [0.4, 0.5) is 0 Å². The number of piperidine rings is 3. The SMILES string of the molecule is O=C(CCC1C(=O)C2CCN1CC2)c1cccnc1. The van der Waals surface area contributed by atoms with Crippen LogP contribution in [0.1, 0.15) is 36.0 Å². The summed E-state index contributed by atoms with van der Waals surface area (Å²) in [4.78, 5) is 30.4. The smallest absolute Gasteiger partial charge is 0.164 e. The van der Waals surface area contributed by atoms with Crippen LogP contribution in [-0.2, 0) is 4.79 Å². The molecule has 3 aliphatic heterocycles. The van der Waals surface area contributed by atoms with Crippen molar-refractivity contribution in [2.75, 3.05) is 13.1 Å². The van der Waals surface area contributed by atoms with Crippen molar-refractivity contribution in [3.05, 3.63) is 30.1 Å². The van der Waals surface area contributed by atoms with Crippen LogP contribution >= 0.6 is 0 Å². The van der Waals surface area contributed by atoms with E-state index in [2.05, 4.69) is 9.88 Å². The van der Waals surface area contributed by atoms with Gasteiger partial charge in [-0.15, -0.1) is 0 Å². The summed E-state index contributed by atoms with van der Waals surface area (Å²) in [7, 11) is 0. The molecule has 1 unspecified atom stereocenters. The number of nitrogens with zero attached hydrogens (tertiary/aromatic N) is 2. The average Bonchev–Trinajstić information content (AvgIpc) is 2.48. The Morgan fingerprint density at radius 2 is 2.16 bits per heavy atom. The van der Waals surface area contributed by atoms with E-state index >= 15 is 0 Å². The lowest BCUT2D eigenvalue weighted by Crippen LogP contribution is -2.55. The predicted molar refractivity (Wildman–Crippen MR) is 70.9 cm³/mol.